The topological polar surface area (TPSA) is 70.2 Å². The van der Waals surface area contributed by atoms with Crippen LogP contribution >= 0.6 is 0 Å². The second-order valence-electron chi connectivity index (χ2n) is 14.3. The molecule has 0 aromatic heterocycles. The van der Waals surface area contributed by atoms with Crippen LogP contribution in [0.1, 0.15) is 94.4 Å². The number of para-hydroxylation sites is 2. The molecule has 0 saturated carbocycles. The molecule has 47 heavy (non-hydrogen) atoms. The van der Waals surface area contributed by atoms with Gasteiger partial charge in [0, 0.05) is 66.5 Å². The van der Waals surface area contributed by atoms with Gasteiger partial charge in [-0.1, -0.05) is 94.3 Å². The zero-order chi connectivity index (χ0) is 32.8. The second kappa shape index (κ2) is 12.3. The number of nitrogens with zero attached hydrogens (tertiary/aromatic N) is 3. The Morgan fingerprint density at radius 1 is 0.830 bits per heavy atom. The molecular formula is C40H45N3O4. The van der Waals surface area contributed by atoms with E-state index in [1.54, 1.807) is 0 Å². The molecule has 244 valence electrons. The number of allylic oxidation sites excluding steroid dienone is 7. The number of aryl methyl sites for hydroxylation is 1. The molecule has 2 amide bonds. The van der Waals surface area contributed by atoms with Gasteiger partial charge in [-0.15, -0.1) is 5.06 Å². The lowest BCUT2D eigenvalue weighted by Gasteiger charge is -2.40. The highest BCUT2D eigenvalue weighted by Gasteiger charge is 2.42. The minimum absolute atomic E-state index is 0.0227. The van der Waals surface area contributed by atoms with Gasteiger partial charge in [-0.2, -0.15) is 0 Å². The normalized spacial score (nSPS) is 23.3. The Bertz CT molecular complexity index is 1730. The molecular weight excluding hydrogens is 586 g/mol. The van der Waals surface area contributed by atoms with Crippen LogP contribution in [-0.2, 0) is 42.9 Å². The van der Waals surface area contributed by atoms with E-state index in [0.29, 0.717) is 11.5 Å². The summed E-state index contributed by atoms with van der Waals surface area (Å²) >= 11 is 0. The maximum absolute atomic E-state index is 12.3. The first-order valence-electron chi connectivity index (χ1n) is 17.3. The van der Waals surface area contributed by atoms with Crippen molar-refractivity contribution in [3.8, 4) is 0 Å². The smallest absolute Gasteiger partial charge is 0.333 e. The molecule has 5 heterocycles. The molecule has 0 radical (unpaired) electrons. The zero-order valence-electron chi connectivity index (χ0n) is 27.9. The number of anilines is 2. The van der Waals surface area contributed by atoms with E-state index in [1.165, 1.54) is 51.3 Å². The van der Waals surface area contributed by atoms with E-state index < -0.39 is 17.8 Å². The number of carbonyl (C=O) groups is 3. The predicted octanol–water partition coefficient (Wildman–Crippen LogP) is 7.50. The number of carbonyl (C=O) groups excluding carboxylic acids is 3. The summed E-state index contributed by atoms with van der Waals surface area (Å²) in [6.07, 6.45) is 20.6. The van der Waals surface area contributed by atoms with Crippen LogP contribution in [-0.4, -0.2) is 35.9 Å². The van der Waals surface area contributed by atoms with Crippen molar-refractivity contribution in [1.29, 1.82) is 0 Å². The summed E-state index contributed by atoms with van der Waals surface area (Å²) in [7, 11) is 0. The SMILES string of the molecule is CC1(CCCCCC(=O)ON2C(=O)CCC2=O)C(/C=C/C=C/C=C2/N3CCCc4cccc(c43)C2(C)C)=CN2CCc3cccc1c32. The highest BCUT2D eigenvalue weighted by atomic mass is 16.7. The number of benzene rings is 2. The van der Waals surface area contributed by atoms with Crippen molar-refractivity contribution in [2.75, 3.05) is 22.9 Å². The minimum atomic E-state index is -0.523. The highest BCUT2D eigenvalue weighted by molar-refractivity contribution is 6.01. The largest absolute Gasteiger partial charge is 0.347 e. The molecule has 5 aliphatic heterocycles. The van der Waals surface area contributed by atoms with Gasteiger partial charge >= 0.3 is 5.97 Å². The number of rotatable bonds is 10. The van der Waals surface area contributed by atoms with Gasteiger partial charge < -0.3 is 14.6 Å². The highest BCUT2D eigenvalue weighted by Crippen LogP contribution is 2.51. The van der Waals surface area contributed by atoms with Crippen LogP contribution in [0.25, 0.3) is 0 Å². The van der Waals surface area contributed by atoms with Crippen molar-refractivity contribution < 1.29 is 19.2 Å². The summed E-state index contributed by atoms with van der Waals surface area (Å²) in [5.74, 6) is -1.40. The third-order valence-electron chi connectivity index (χ3n) is 10.9. The molecule has 7 rings (SSSR count). The molecule has 1 saturated heterocycles. The van der Waals surface area contributed by atoms with Crippen molar-refractivity contribution in [2.24, 2.45) is 0 Å². The van der Waals surface area contributed by atoms with Crippen molar-refractivity contribution in [3.05, 3.63) is 107 Å². The summed E-state index contributed by atoms with van der Waals surface area (Å²) in [5.41, 5.74) is 11.0. The van der Waals surface area contributed by atoms with Crippen LogP contribution in [0.4, 0.5) is 11.4 Å². The fourth-order valence-electron chi connectivity index (χ4n) is 8.30. The minimum Gasteiger partial charge on any atom is -0.347 e. The monoisotopic (exact) mass is 631 g/mol. The lowest BCUT2D eigenvalue weighted by Crippen LogP contribution is -2.33. The van der Waals surface area contributed by atoms with Crippen molar-refractivity contribution in [2.45, 2.75) is 95.8 Å². The summed E-state index contributed by atoms with van der Waals surface area (Å²) in [6.45, 7) is 9.11. The lowest BCUT2D eigenvalue weighted by molar-refractivity contribution is -0.197. The Balaban J connectivity index is 1.04. The Morgan fingerprint density at radius 2 is 1.57 bits per heavy atom. The average Bonchev–Trinajstić information content (AvgIpc) is 3.69. The number of hydrogen-bond acceptors (Lipinski definition) is 6. The maximum atomic E-state index is 12.3. The summed E-state index contributed by atoms with van der Waals surface area (Å²) in [4.78, 5) is 45.9. The molecule has 0 N–H and O–H groups in total. The Labute approximate surface area is 278 Å². The number of imide groups is 1. The van der Waals surface area contributed by atoms with E-state index in [1.807, 2.05) is 0 Å². The van der Waals surface area contributed by atoms with Gasteiger partial charge in [0.1, 0.15) is 0 Å². The second-order valence-corrected chi connectivity index (χ2v) is 14.3. The van der Waals surface area contributed by atoms with Crippen LogP contribution < -0.4 is 9.80 Å². The van der Waals surface area contributed by atoms with Gasteiger partial charge in [0.25, 0.3) is 11.8 Å². The number of unbranched alkanes of at least 4 members (excludes halogenated alkanes) is 2. The lowest BCUT2D eigenvalue weighted by atomic mass is 9.69. The fourth-order valence-corrected chi connectivity index (χ4v) is 8.30. The first-order chi connectivity index (χ1) is 22.7. The van der Waals surface area contributed by atoms with Crippen LogP contribution in [0.15, 0.2) is 84.2 Å². The Hall–Kier alpha value is -4.39. The zero-order valence-corrected chi connectivity index (χ0v) is 27.9. The fraction of sp³-hybridized carbons (Fsp3) is 0.425. The summed E-state index contributed by atoms with van der Waals surface area (Å²) in [6, 6.07) is 13.5. The van der Waals surface area contributed by atoms with E-state index >= 15 is 0 Å². The molecule has 1 fully saturated rings. The van der Waals surface area contributed by atoms with Crippen molar-refractivity contribution >= 4 is 29.2 Å². The third-order valence-corrected chi connectivity index (χ3v) is 10.9. The van der Waals surface area contributed by atoms with E-state index in [4.69, 9.17) is 4.84 Å². The van der Waals surface area contributed by atoms with Crippen LogP contribution in [0.5, 0.6) is 0 Å². The van der Waals surface area contributed by atoms with Gasteiger partial charge in [0.2, 0.25) is 0 Å². The molecule has 2 aromatic carbocycles. The molecule has 7 nitrogen and oxygen atoms in total. The van der Waals surface area contributed by atoms with Gasteiger partial charge in [0.05, 0.1) is 0 Å². The molecule has 0 spiro atoms. The van der Waals surface area contributed by atoms with Gasteiger partial charge in [-0.25, -0.2) is 4.79 Å². The number of amides is 2. The summed E-state index contributed by atoms with van der Waals surface area (Å²) in [5, 5.41) is 0.637. The van der Waals surface area contributed by atoms with Crippen LogP contribution in [0.2, 0.25) is 0 Å². The Kier molecular flexibility index (Phi) is 8.19. The molecule has 1 atom stereocenters. The van der Waals surface area contributed by atoms with Gasteiger partial charge in [-0.3, -0.25) is 9.59 Å². The quantitative estimate of drug-likeness (QED) is 0.154. The average molecular weight is 632 g/mol. The predicted molar refractivity (Wildman–Crippen MR) is 185 cm³/mol. The van der Waals surface area contributed by atoms with E-state index in [2.05, 4.69) is 104 Å². The first-order valence-corrected chi connectivity index (χ1v) is 17.3. The van der Waals surface area contributed by atoms with E-state index in [9.17, 15) is 14.4 Å². The first kappa shape index (κ1) is 31.2. The van der Waals surface area contributed by atoms with Crippen molar-refractivity contribution in [3.63, 3.8) is 0 Å². The molecule has 0 bridgehead atoms. The van der Waals surface area contributed by atoms with E-state index in [-0.39, 0.29) is 30.1 Å². The maximum Gasteiger partial charge on any atom is 0.333 e. The molecule has 5 aliphatic rings. The number of hydroxylamine groups is 2. The van der Waals surface area contributed by atoms with Crippen molar-refractivity contribution in [1.82, 2.24) is 5.06 Å². The summed E-state index contributed by atoms with van der Waals surface area (Å²) < 4.78 is 0. The molecule has 2 aromatic rings. The van der Waals surface area contributed by atoms with E-state index in [0.717, 1.165) is 45.2 Å². The van der Waals surface area contributed by atoms with Gasteiger partial charge in [-0.05, 0) is 66.0 Å². The molecule has 7 heteroatoms. The number of hydrogen-bond donors (Lipinski definition) is 0. The molecule has 0 aliphatic carbocycles. The Morgan fingerprint density at radius 3 is 2.36 bits per heavy atom. The third kappa shape index (κ3) is 5.53. The molecule has 1 unspecified atom stereocenters. The standard InChI is InChI=1S/C40H45N3O4/c1-39(2)31-17-10-13-28-15-12-25-42(38(28)31)33(39)19-7-4-6-16-30-27-41-26-23-29-14-11-18-32(37(29)41)40(30,3)24-9-5-8-20-36(46)47-43-34(44)21-22-35(43)45/h4,6-7,10-11,13-14,16-19,27H,5,8-9,12,15,20-26H2,1-3H3/b7-4+,16-6+,33-19+. The van der Waals surface area contributed by atoms with Crippen LogP contribution in [0, 0.1) is 0 Å². The van der Waals surface area contributed by atoms with Gasteiger partial charge in [0.15, 0.2) is 0 Å². The van der Waals surface area contributed by atoms with Crippen LogP contribution in [0.3, 0.4) is 0 Å².